The summed E-state index contributed by atoms with van der Waals surface area (Å²) in [5.74, 6) is -2.16. The van der Waals surface area contributed by atoms with E-state index in [1.807, 2.05) is 5.32 Å². The predicted octanol–water partition coefficient (Wildman–Crippen LogP) is 2.32. The molecule has 1 heterocycles. The second-order valence-electron chi connectivity index (χ2n) is 5.46. The van der Waals surface area contributed by atoms with Crippen molar-refractivity contribution < 1.29 is 32.6 Å². The molecule has 140 valence electrons. The number of ether oxygens (including phenoxy) is 1. The molecule has 2 N–H and O–H groups in total. The summed E-state index contributed by atoms with van der Waals surface area (Å²) in [4.78, 5) is 23.1. The number of carbonyl (C=O) groups is 2. The van der Waals surface area contributed by atoms with Gasteiger partial charge in [-0.05, 0) is 37.3 Å². The number of carboxylic acids is 1. The predicted molar refractivity (Wildman–Crippen MR) is 84.4 cm³/mol. The molecule has 0 bridgehead atoms. The lowest BCUT2D eigenvalue weighted by molar-refractivity contribution is -0.157. The summed E-state index contributed by atoms with van der Waals surface area (Å²) in [6.45, 7) is 1.65. The molecule has 2 rings (SSSR count). The Labute approximate surface area is 146 Å². The van der Waals surface area contributed by atoms with E-state index in [9.17, 15) is 22.8 Å². The molecular formula is C16H16F3N3O4. The second kappa shape index (κ2) is 7.46. The molecule has 0 radical (unpaired) electrons. The van der Waals surface area contributed by atoms with Crippen LogP contribution in [-0.4, -0.2) is 46.1 Å². The third-order valence-electron chi connectivity index (χ3n) is 3.48. The third-order valence-corrected chi connectivity index (χ3v) is 3.48. The number of nitrogens with zero attached hydrogens (tertiary/aromatic N) is 2. The molecule has 7 nitrogen and oxygen atoms in total. The Hall–Kier alpha value is -3.04. The van der Waals surface area contributed by atoms with Crippen LogP contribution >= 0.6 is 0 Å². The molecule has 0 fully saturated rings. The van der Waals surface area contributed by atoms with Gasteiger partial charge in [-0.1, -0.05) is 0 Å². The zero-order valence-electron chi connectivity index (χ0n) is 13.9. The number of benzene rings is 1. The third kappa shape index (κ3) is 4.74. The monoisotopic (exact) mass is 371 g/mol. The highest BCUT2D eigenvalue weighted by atomic mass is 19.4. The SMILES string of the molecule is COc1ccc(-n2nc(C(=O)NC(CC(F)(F)F)C(=O)O)cc2C)cc1. The maximum atomic E-state index is 12.4. The molecule has 2 aromatic rings. The number of rotatable bonds is 6. The minimum Gasteiger partial charge on any atom is -0.497 e. The molecule has 10 heteroatoms. The number of aryl methyl sites for hydroxylation is 1. The average molecular weight is 371 g/mol. The highest BCUT2D eigenvalue weighted by molar-refractivity contribution is 5.95. The van der Waals surface area contributed by atoms with Gasteiger partial charge in [0.1, 0.15) is 11.8 Å². The fourth-order valence-electron chi connectivity index (χ4n) is 2.23. The van der Waals surface area contributed by atoms with E-state index in [2.05, 4.69) is 5.10 Å². The second-order valence-corrected chi connectivity index (χ2v) is 5.46. The topological polar surface area (TPSA) is 93.5 Å². The molecule has 1 amide bonds. The molecule has 1 aromatic heterocycles. The normalized spacial score (nSPS) is 12.5. The first-order valence-corrected chi connectivity index (χ1v) is 7.42. The van der Waals surface area contributed by atoms with Crippen LogP contribution < -0.4 is 10.1 Å². The molecule has 0 aliphatic rings. The minimum atomic E-state index is -4.73. The lowest BCUT2D eigenvalue weighted by Gasteiger charge is -2.15. The number of carboxylic acid groups (broad SMARTS) is 1. The Morgan fingerprint density at radius 1 is 1.31 bits per heavy atom. The number of hydrogen-bond donors (Lipinski definition) is 2. The molecule has 0 aliphatic carbocycles. The number of amides is 1. The summed E-state index contributed by atoms with van der Waals surface area (Å²) >= 11 is 0. The number of halogens is 3. The fourth-order valence-corrected chi connectivity index (χ4v) is 2.23. The Kier molecular flexibility index (Phi) is 5.53. The molecular weight excluding hydrogens is 355 g/mol. The van der Waals surface area contributed by atoms with Crippen molar-refractivity contribution in [2.24, 2.45) is 0 Å². The van der Waals surface area contributed by atoms with Crippen LogP contribution in [0.15, 0.2) is 30.3 Å². The summed E-state index contributed by atoms with van der Waals surface area (Å²) in [5, 5.41) is 14.7. The van der Waals surface area contributed by atoms with Gasteiger partial charge in [0, 0.05) is 5.69 Å². The van der Waals surface area contributed by atoms with Crippen molar-refractivity contribution in [1.82, 2.24) is 15.1 Å². The van der Waals surface area contributed by atoms with Gasteiger partial charge >= 0.3 is 12.1 Å². The number of aliphatic carboxylic acids is 1. The Balaban J connectivity index is 2.20. The fraction of sp³-hybridized carbons (Fsp3) is 0.312. The summed E-state index contributed by atoms with van der Waals surface area (Å²) in [7, 11) is 1.51. The number of hydrogen-bond acceptors (Lipinski definition) is 4. The first-order valence-electron chi connectivity index (χ1n) is 7.42. The number of alkyl halides is 3. The van der Waals surface area contributed by atoms with Crippen LogP contribution in [0.1, 0.15) is 22.6 Å². The van der Waals surface area contributed by atoms with Gasteiger partial charge in [0.05, 0.1) is 19.2 Å². The van der Waals surface area contributed by atoms with Gasteiger partial charge < -0.3 is 15.2 Å². The first kappa shape index (κ1) is 19.3. The highest BCUT2D eigenvalue weighted by Gasteiger charge is 2.36. The van der Waals surface area contributed by atoms with Crippen LogP contribution in [0.5, 0.6) is 5.75 Å². The Bertz CT molecular complexity index is 800. The number of methoxy groups -OCH3 is 1. The van der Waals surface area contributed by atoms with Gasteiger partial charge in [-0.3, -0.25) is 4.79 Å². The summed E-state index contributed by atoms with van der Waals surface area (Å²) in [5.41, 5.74) is 0.960. The van der Waals surface area contributed by atoms with Crippen molar-refractivity contribution in [3.63, 3.8) is 0 Å². The van der Waals surface area contributed by atoms with Gasteiger partial charge in [-0.15, -0.1) is 0 Å². The molecule has 0 saturated heterocycles. The van der Waals surface area contributed by atoms with Crippen molar-refractivity contribution in [3.8, 4) is 11.4 Å². The Morgan fingerprint density at radius 3 is 2.42 bits per heavy atom. The molecule has 1 unspecified atom stereocenters. The maximum Gasteiger partial charge on any atom is 0.391 e. The summed E-state index contributed by atoms with van der Waals surface area (Å²) in [6.07, 6.45) is -6.40. The lowest BCUT2D eigenvalue weighted by Crippen LogP contribution is -2.43. The largest absolute Gasteiger partial charge is 0.497 e. The maximum absolute atomic E-state index is 12.4. The number of carbonyl (C=O) groups excluding carboxylic acids is 1. The van der Waals surface area contributed by atoms with Crippen LogP contribution in [0.2, 0.25) is 0 Å². The van der Waals surface area contributed by atoms with E-state index >= 15 is 0 Å². The standard InChI is InChI=1S/C16H16F3N3O4/c1-9-7-12(14(23)20-13(15(24)25)8-16(17,18)19)21-22(9)10-3-5-11(26-2)6-4-10/h3-7,13H,8H2,1-2H3,(H,20,23)(H,24,25). The van der Waals surface area contributed by atoms with Gasteiger partial charge in [0.2, 0.25) is 0 Å². The summed E-state index contributed by atoms with van der Waals surface area (Å²) < 4.78 is 43.7. The van der Waals surface area contributed by atoms with Crippen LogP contribution in [0, 0.1) is 6.92 Å². The van der Waals surface area contributed by atoms with Crippen molar-refractivity contribution in [2.75, 3.05) is 7.11 Å². The van der Waals surface area contributed by atoms with Crippen LogP contribution in [0.3, 0.4) is 0 Å². The van der Waals surface area contributed by atoms with Crippen molar-refractivity contribution in [3.05, 3.63) is 41.7 Å². The van der Waals surface area contributed by atoms with E-state index in [4.69, 9.17) is 9.84 Å². The van der Waals surface area contributed by atoms with E-state index in [0.29, 0.717) is 17.1 Å². The smallest absolute Gasteiger partial charge is 0.391 e. The zero-order chi connectivity index (χ0) is 19.5. The molecule has 1 aromatic carbocycles. The van der Waals surface area contributed by atoms with Gasteiger partial charge in [0.25, 0.3) is 5.91 Å². The summed E-state index contributed by atoms with van der Waals surface area (Å²) in [6, 6.07) is 5.99. The van der Waals surface area contributed by atoms with Crippen LogP contribution in [0.4, 0.5) is 13.2 Å². The molecule has 0 aliphatic heterocycles. The van der Waals surface area contributed by atoms with E-state index in [1.165, 1.54) is 17.9 Å². The van der Waals surface area contributed by atoms with Crippen molar-refractivity contribution in [1.29, 1.82) is 0 Å². The van der Waals surface area contributed by atoms with Crippen LogP contribution in [0.25, 0.3) is 5.69 Å². The van der Waals surface area contributed by atoms with E-state index in [-0.39, 0.29) is 5.69 Å². The van der Waals surface area contributed by atoms with Crippen molar-refractivity contribution >= 4 is 11.9 Å². The molecule has 0 spiro atoms. The van der Waals surface area contributed by atoms with E-state index in [1.54, 1.807) is 31.2 Å². The van der Waals surface area contributed by atoms with Crippen LogP contribution in [-0.2, 0) is 4.79 Å². The molecule has 26 heavy (non-hydrogen) atoms. The average Bonchev–Trinajstić information content (AvgIpc) is 2.95. The quantitative estimate of drug-likeness (QED) is 0.813. The lowest BCUT2D eigenvalue weighted by atomic mass is 10.2. The van der Waals surface area contributed by atoms with E-state index < -0.39 is 30.5 Å². The van der Waals surface area contributed by atoms with Gasteiger partial charge in [-0.25, -0.2) is 9.48 Å². The Morgan fingerprint density at radius 2 is 1.92 bits per heavy atom. The zero-order valence-corrected chi connectivity index (χ0v) is 13.9. The number of nitrogens with one attached hydrogen (secondary N) is 1. The van der Waals surface area contributed by atoms with Crippen molar-refractivity contribution in [2.45, 2.75) is 25.6 Å². The number of aromatic nitrogens is 2. The molecule has 0 saturated carbocycles. The minimum absolute atomic E-state index is 0.188. The molecule has 1 atom stereocenters. The van der Waals surface area contributed by atoms with Gasteiger partial charge in [-0.2, -0.15) is 18.3 Å². The highest BCUT2D eigenvalue weighted by Crippen LogP contribution is 2.22. The van der Waals surface area contributed by atoms with E-state index in [0.717, 1.165) is 0 Å². The first-order chi connectivity index (χ1) is 12.1. The van der Waals surface area contributed by atoms with Gasteiger partial charge in [0.15, 0.2) is 5.69 Å².